The van der Waals surface area contributed by atoms with Crippen LogP contribution in [0.15, 0.2) is 41.3 Å². The number of fused-ring (bicyclic) bond motifs is 1. The molecule has 3 heteroatoms. The molecule has 2 N–H and O–H groups in total. The summed E-state index contributed by atoms with van der Waals surface area (Å²) in [6.07, 6.45) is 3.71. The summed E-state index contributed by atoms with van der Waals surface area (Å²) < 4.78 is 13.4. The predicted octanol–water partition coefficient (Wildman–Crippen LogP) is 4.07. The number of benzene rings is 2. The number of rotatable bonds is 4. The van der Waals surface area contributed by atoms with Crippen LogP contribution in [0.25, 0.3) is 0 Å². The van der Waals surface area contributed by atoms with Crippen molar-refractivity contribution >= 4 is 11.8 Å². The van der Waals surface area contributed by atoms with Gasteiger partial charge in [-0.2, -0.15) is 0 Å². The predicted molar refractivity (Wildman–Crippen MR) is 82.3 cm³/mol. The van der Waals surface area contributed by atoms with Gasteiger partial charge < -0.3 is 5.73 Å². The van der Waals surface area contributed by atoms with Gasteiger partial charge in [0.15, 0.2) is 0 Å². The van der Waals surface area contributed by atoms with Crippen LogP contribution in [0.1, 0.15) is 28.7 Å². The lowest BCUT2D eigenvalue weighted by molar-refractivity contribution is 0.610. The minimum absolute atomic E-state index is 0.209. The van der Waals surface area contributed by atoms with Crippen LogP contribution in [0.5, 0.6) is 0 Å². The molecule has 0 atom stereocenters. The van der Waals surface area contributed by atoms with Gasteiger partial charge in [0, 0.05) is 22.8 Å². The molecule has 20 heavy (non-hydrogen) atoms. The lowest BCUT2D eigenvalue weighted by atomic mass is 10.1. The van der Waals surface area contributed by atoms with Gasteiger partial charge in [0.1, 0.15) is 5.82 Å². The Hall–Kier alpha value is -1.32. The number of nitrogens with two attached hydrogens (primary N) is 1. The van der Waals surface area contributed by atoms with E-state index in [1.54, 1.807) is 11.8 Å². The molecule has 0 saturated carbocycles. The molecular weight excluding hydrogens is 269 g/mol. The molecule has 0 amide bonds. The highest BCUT2D eigenvalue weighted by Gasteiger charge is 2.11. The first kappa shape index (κ1) is 13.7. The van der Waals surface area contributed by atoms with E-state index in [-0.39, 0.29) is 12.4 Å². The number of hydrogen-bond donors (Lipinski definition) is 1. The van der Waals surface area contributed by atoms with Crippen LogP contribution in [0.3, 0.4) is 0 Å². The lowest BCUT2D eigenvalue weighted by Gasteiger charge is -2.07. The quantitative estimate of drug-likeness (QED) is 0.858. The Kier molecular flexibility index (Phi) is 4.08. The molecule has 2 aromatic rings. The van der Waals surface area contributed by atoms with Crippen molar-refractivity contribution in [3.05, 3.63) is 64.5 Å². The van der Waals surface area contributed by atoms with E-state index in [0.29, 0.717) is 5.56 Å². The highest BCUT2D eigenvalue weighted by Crippen LogP contribution is 2.29. The van der Waals surface area contributed by atoms with Crippen molar-refractivity contribution in [3.63, 3.8) is 0 Å². The first-order valence-corrected chi connectivity index (χ1v) is 7.97. The van der Waals surface area contributed by atoms with Crippen molar-refractivity contribution in [2.45, 2.75) is 36.5 Å². The third-order valence-electron chi connectivity index (χ3n) is 3.81. The molecule has 3 rings (SSSR count). The maximum Gasteiger partial charge on any atom is 0.127 e. The SMILES string of the molecule is NCc1cc(CSc2ccc3c(c2)CCC3)ccc1F. The van der Waals surface area contributed by atoms with Crippen molar-refractivity contribution in [2.75, 3.05) is 0 Å². The molecule has 0 radical (unpaired) electrons. The molecule has 0 bridgehead atoms. The van der Waals surface area contributed by atoms with Crippen LogP contribution < -0.4 is 5.73 Å². The van der Waals surface area contributed by atoms with Gasteiger partial charge >= 0.3 is 0 Å². The zero-order valence-electron chi connectivity index (χ0n) is 11.4. The monoisotopic (exact) mass is 287 g/mol. The highest BCUT2D eigenvalue weighted by molar-refractivity contribution is 7.98. The van der Waals surface area contributed by atoms with Crippen LogP contribution in [0, 0.1) is 5.82 Å². The van der Waals surface area contributed by atoms with Crippen molar-refractivity contribution in [2.24, 2.45) is 5.73 Å². The Labute approximate surface area is 123 Å². The van der Waals surface area contributed by atoms with E-state index >= 15 is 0 Å². The van der Waals surface area contributed by atoms with Gasteiger partial charge in [0.2, 0.25) is 0 Å². The van der Waals surface area contributed by atoms with E-state index < -0.39 is 0 Å². The fraction of sp³-hybridized carbons (Fsp3) is 0.294. The van der Waals surface area contributed by atoms with Gasteiger partial charge in [-0.25, -0.2) is 4.39 Å². The molecule has 0 heterocycles. The Morgan fingerprint density at radius 3 is 2.75 bits per heavy atom. The van der Waals surface area contributed by atoms with E-state index in [1.165, 1.54) is 41.4 Å². The van der Waals surface area contributed by atoms with Gasteiger partial charge in [-0.15, -0.1) is 11.8 Å². The van der Waals surface area contributed by atoms with E-state index in [9.17, 15) is 4.39 Å². The van der Waals surface area contributed by atoms with Crippen LogP contribution in [0.4, 0.5) is 4.39 Å². The van der Waals surface area contributed by atoms with Crippen LogP contribution in [-0.4, -0.2) is 0 Å². The average Bonchev–Trinajstić information content (AvgIpc) is 2.94. The molecule has 2 aromatic carbocycles. The minimum atomic E-state index is -0.209. The molecule has 104 valence electrons. The molecule has 0 fully saturated rings. The molecule has 0 unspecified atom stereocenters. The first-order valence-electron chi connectivity index (χ1n) is 6.98. The standard InChI is InChI=1S/C17H18FNS/c18-17-7-4-12(8-15(17)10-19)11-20-16-6-5-13-2-1-3-14(13)9-16/h4-9H,1-3,10-11,19H2. The highest BCUT2D eigenvalue weighted by atomic mass is 32.2. The summed E-state index contributed by atoms with van der Waals surface area (Å²) in [5, 5.41) is 0. The zero-order valence-corrected chi connectivity index (χ0v) is 12.2. The van der Waals surface area contributed by atoms with Crippen molar-refractivity contribution in [3.8, 4) is 0 Å². The van der Waals surface area contributed by atoms with Crippen molar-refractivity contribution in [1.29, 1.82) is 0 Å². The van der Waals surface area contributed by atoms with Crippen molar-refractivity contribution < 1.29 is 4.39 Å². The number of halogens is 1. The summed E-state index contributed by atoms with van der Waals surface area (Å²) >= 11 is 1.80. The summed E-state index contributed by atoms with van der Waals surface area (Å²) in [6, 6.07) is 12.0. The first-order chi connectivity index (χ1) is 9.76. The second-order valence-corrected chi connectivity index (χ2v) is 6.25. The van der Waals surface area contributed by atoms with Gasteiger partial charge in [-0.05, 0) is 54.2 Å². The number of aryl methyl sites for hydroxylation is 2. The largest absolute Gasteiger partial charge is 0.326 e. The Morgan fingerprint density at radius 2 is 1.90 bits per heavy atom. The number of thioether (sulfide) groups is 1. The molecule has 1 nitrogen and oxygen atoms in total. The third kappa shape index (κ3) is 2.89. The maximum absolute atomic E-state index is 13.4. The molecule has 0 saturated heterocycles. The van der Waals surface area contributed by atoms with Gasteiger partial charge in [0.05, 0.1) is 0 Å². The Morgan fingerprint density at radius 1 is 1.05 bits per heavy atom. The fourth-order valence-electron chi connectivity index (χ4n) is 2.68. The molecular formula is C17H18FNS. The molecule has 0 aromatic heterocycles. The van der Waals surface area contributed by atoms with E-state index in [4.69, 9.17) is 5.73 Å². The summed E-state index contributed by atoms with van der Waals surface area (Å²) in [7, 11) is 0. The second-order valence-electron chi connectivity index (χ2n) is 5.20. The topological polar surface area (TPSA) is 26.0 Å². The van der Waals surface area contributed by atoms with Gasteiger partial charge in [-0.3, -0.25) is 0 Å². The Balaban J connectivity index is 1.70. The van der Waals surface area contributed by atoms with Gasteiger partial charge in [-0.1, -0.05) is 18.2 Å². The Bertz CT molecular complexity index is 613. The van der Waals surface area contributed by atoms with Crippen LogP contribution >= 0.6 is 11.8 Å². The van der Waals surface area contributed by atoms with E-state index in [1.807, 2.05) is 12.1 Å². The fourth-order valence-corrected chi connectivity index (χ4v) is 3.58. The number of hydrogen-bond acceptors (Lipinski definition) is 2. The summed E-state index contributed by atoms with van der Waals surface area (Å²) in [5.74, 6) is 0.644. The molecule has 1 aliphatic carbocycles. The maximum atomic E-state index is 13.4. The van der Waals surface area contributed by atoms with E-state index in [0.717, 1.165) is 11.3 Å². The minimum Gasteiger partial charge on any atom is -0.326 e. The van der Waals surface area contributed by atoms with Gasteiger partial charge in [0.25, 0.3) is 0 Å². The van der Waals surface area contributed by atoms with E-state index in [2.05, 4.69) is 18.2 Å². The lowest BCUT2D eigenvalue weighted by Crippen LogP contribution is -2.00. The second kappa shape index (κ2) is 5.98. The summed E-state index contributed by atoms with van der Waals surface area (Å²) in [5.41, 5.74) is 10.3. The summed E-state index contributed by atoms with van der Waals surface area (Å²) in [6.45, 7) is 0.253. The third-order valence-corrected chi connectivity index (χ3v) is 4.87. The zero-order chi connectivity index (χ0) is 13.9. The smallest absolute Gasteiger partial charge is 0.127 e. The molecule has 0 aliphatic heterocycles. The molecule has 1 aliphatic rings. The van der Waals surface area contributed by atoms with Crippen molar-refractivity contribution in [1.82, 2.24) is 0 Å². The average molecular weight is 287 g/mol. The normalized spacial score (nSPS) is 13.5. The summed E-state index contributed by atoms with van der Waals surface area (Å²) in [4.78, 5) is 1.30. The molecule has 0 spiro atoms. The van der Waals surface area contributed by atoms with Crippen LogP contribution in [-0.2, 0) is 25.1 Å². The van der Waals surface area contributed by atoms with Crippen LogP contribution in [0.2, 0.25) is 0 Å².